The molecule has 0 unspecified atom stereocenters. The minimum atomic E-state index is -0.704. The average Bonchev–Trinajstić information content (AvgIpc) is 2.70. The van der Waals surface area contributed by atoms with Crippen molar-refractivity contribution in [3.05, 3.63) is 89.5 Å². The molecule has 0 bridgehead atoms. The number of anilines is 1. The summed E-state index contributed by atoms with van der Waals surface area (Å²) in [7, 11) is 0. The Morgan fingerprint density at radius 3 is 1.93 bits per heavy atom. The van der Waals surface area contributed by atoms with Crippen LogP contribution in [0.1, 0.15) is 11.1 Å². The highest BCUT2D eigenvalue weighted by molar-refractivity contribution is 5.83. The Balaban J connectivity index is 1.63. The predicted octanol–water partition coefficient (Wildman–Crippen LogP) is 3.69. The van der Waals surface area contributed by atoms with Gasteiger partial charge in [0.05, 0.1) is 18.1 Å². The van der Waals surface area contributed by atoms with Crippen molar-refractivity contribution in [1.29, 1.82) is 0 Å². The molecule has 0 heterocycles. The summed E-state index contributed by atoms with van der Waals surface area (Å²) in [4.78, 5) is 0. The van der Waals surface area contributed by atoms with Crippen LogP contribution in [0.5, 0.6) is 0 Å². The molecule has 3 aromatic rings. The largest absolute Gasteiger partial charge is 0.369 e. The van der Waals surface area contributed by atoms with Gasteiger partial charge in [0.1, 0.15) is 5.82 Å². The topological polar surface area (TPSA) is 101 Å². The van der Waals surface area contributed by atoms with Crippen LogP contribution < -0.4 is 16.9 Å². The van der Waals surface area contributed by atoms with Crippen molar-refractivity contribution in [2.24, 2.45) is 26.8 Å². The molecule has 0 aliphatic rings. The van der Waals surface area contributed by atoms with Crippen LogP contribution in [0, 0.1) is 11.6 Å². The highest BCUT2D eigenvalue weighted by Gasteiger charge is 2.02. The number of nitrogens with two attached hydrogens (primary N) is 2. The number of hydrogen-bond acceptors (Lipinski definition) is 4. The van der Waals surface area contributed by atoms with E-state index < -0.39 is 11.6 Å². The van der Waals surface area contributed by atoms with Crippen molar-refractivity contribution in [2.45, 2.75) is 0 Å². The van der Waals surface area contributed by atoms with E-state index in [4.69, 9.17) is 11.5 Å². The van der Waals surface area contributed by atoms with Crippen LogP contribution in [0.15, 0.2) is 82.0 Å². The van der Waals surface area contributed by atoms with E-state index in [2.05, 4.69) is 20.7 Å². The third-order valence-corrected chi connectivity index (χ3v) is 3.86. The van der Waals surface area contributed by atoms with E-state index >= 15 is 0 Å². The Kier molecular flexibility index (Phi) is 6.26. The van der Waals surface area contributed by atoms with Gasteiger partial charge in [0, 0.05) is 6.07 Å². The van der Waals surface area contributed by atoms with Gasteiger partial charge in [-0.3, -0.25) is 5.43 Å². The number of halogens is 2. The zero-order valence-corrected chi connectivity index (χ0v) is 15.3. The minimum absolute atomic E-state index is 0.0977. The molecule has 0 aliphatic heterocycles. The molecule has 0 saturated carbocycles. The number of nitrogens with one attached hydrogen (secondary N) is 1. The van der Waals surface area contributed by atoms with Crippen molar-refractivity contribution in [1.82, 2.24) is 0 Å². The summed E-state index contributed by atoms with van der Waals surface area (Å²) in [6, 6.07) is 18.6. The van der Waals surface area contributed by atoms with Gasteiger partial charge < -0.3 is 11.5 Å². The zero-order chi connectivity index (χ0) is 20.6. The Hall–Kier alpha value is -4.07. The summed E-state index contributed by atoms with van der Waals surface area (Å²) in [5.41, 5.74) is 16.8. The quantitative estimate of drug-likeness (QED) is 0.339. The van der Waals surface area contributed by atoms with Gasteiger partial charge in [-0.2, -0.15) is 10.2 Å². The average molecular weight is 392 g/mol. The maximum absolute atomic E-state index is 13.5. The lowest BCUT2D eigenvalue weighted by molar-refractivity contribution is 0.585. The molecule has 0 radical (unpaired) electrons. The third-order valence-electron chi connectivity index (χ3n) is 3.86. The number of benzene rings is 3. The van der Waals surface area contributed by atoms with E-state index in [-0.39, 0.29) is 11.6 Å². The van der Waals surface area contributed by atoms with Gasteiger partial charge in [0.2, 0.25) is 5.96 Å². The van der Waals surface area contributed by atoms with Gasteiger partial charge in [0.15, 0.2) is 5.82 Å². The van der Waals surface area contributed by atoms with Gasteiger partial charge in [-0.05, 0) is 34.4 Å². The molecule has 8 heteroatoms. The van der Waals surface area contributed by atoms with Gasteiger partial charge >= 0.3 is 0 Å². The fourth-order valence-corrected chi connectivity index (χ4v) is 2.44. The van der Waals surface area contributed by atoms with Gasteiger partial charge in [0.25, 0.3) is 0 Å². The van der Waals surface area contributed by atoms with Gasteiger partial charge in [-0.15, -0.1) is 5.10 Å². The lowest BCUT2D eigenvalue weighted by Crippen LogP contribution is -2.21. The number of rotatable bonds is 6. The molecule has 3 aromatic carbocycles. The second-order valence-corrected chi connectivity index (χ2v) is 6.01. The van der Waals surface area contributed by atoms with Crippen LogP contribution in [0.2, 0.25) is 0 Å². The molecule has 0 saturated heterocycles. The van der Waals surface area contributed by atoms with Crippen molar-refractivity contribution in [2.75, 3.05) is 5.43 Å². The fourth-order valence-electron chi connectivity index (χ4n) is 2.44. The number of hydrazone groups is 1. The maximum Gasteiger partial charge on any atom is 0.211 e. The highest BCUT2D eigenvalue weighted by atomic mass is 19.1. The van der Waals surface area contributed by atoms with Crippen LogP contribution in [0.4, 0.5) is 14.5 Å². The first-order valence-electron chi connectivity index (χ1n) is 8.58. The summed E-state index contributed by atoms with van der Waals surface area (Å²) in [5.74, 6) is -1.44. The molecular formula is C21H18F2N6. The third kappa shape index (κ3) is 5.70. The lowest BCUT2D eigenvalue weighted by Gasteiger charge is -2.04. The van der Waals surface area contributed by atoms with E-state index in [9.17, 15) is 8.78 Å². The Morgan fingerprint density at radius 1 is 0.793 bits per heavy atom. The maximum atomic E-state index is 13.5. The van der Waals surface area contributed by atoms with Crippen molar-refractivity contribution < 1.29 is 8.78 Å². The van der Waals surface area contributed by atoms with Gasteiger partial charge in [-0.1, -0.05) is 48.5 Å². The molecule has 0 amide bonds. The van der Waals surface area contributed by atoms with Crippen molar-refractivity contribution >= 4 is 24.1 Å². The monoisotopic (exact) mass is 392 g/mol. The van der Waals surface area contributed by atoms with E-state index in [1.165, 1.54) is 6.07 Å². The normalized spacial score (nSPS) is 11.1. The van der Waals surface area contributed by atoms with E-state index in [0.717, 1.165) is 34.4 Å². The second-order valence-electron chi connectivity index (χ2n) is 6.01. The number of hydrogen-bond donors (Lipinski definition) is 3. The fraction of sp³-hybridized carbons (Fsp3) is 0. The molecule has 29 heavy (non-hydrogen) atoms. The molecule has 6 nitrogen and oxygen atoms in total. The van der Waals surface area contributed by atoms with E-state index in [0.29, 0.717) is 0 Å². The second kappa shape index (κ2) is 9.23. The molecule has 0 fully saturated rings. The minimum Gasteiger partial charge on any atom is -0.369 e. The summed E-state index contributed by atoms with van der Waals surface area (Å²) >= 11 is 0. The Morgan fingerprint density at radius 2 is 1.38 bits per heavy atom. The van der Waals surface area contributed by atoms with Crippen LogP contribution in [-0.2, 0) is 0 Å². The van der Waals surface area contributed by atoms with E-state index in [1.807, 2.05) is 48.5 Å². The van der Waals surface area contributed by atoms with Crippen LogP contribution >= 0.6 is 0 Å². The molecular weight excluding hydrogens is 374 g/mol. The molecule has 5 N–H and O–H groups in total. The van der Waals surface area contributed by atoms with Crippen LogP contribution in [0.3, 0.4) is 0 Å². The zero-order valence-electron chi connectivity index (χ0n) is 15.3. The first-order chi connectivity index (χ1) is 14.0. The lowest BCUT2D eigenvalue weighted by atomic mass is 10.0. The summed E-state index contributed by atoms with van der Waals surface area (Å²) in [6.07, 6.45) is 3.11. The van der Waals surface area contributed by atoms with Crippen molar-refractivity contribution in [3.8, 4) is 11.1 Å². The Labute approximate surface area is 166 Å². The molecule has 0 aliphatic carbocycles. The first-order valence-corrected chi connectivity index (χ1v) is 8.58. The number of nitrogens with zero attached hydrogens (tertiary/aromatic N) is 3. The van der Waals surface area contributed by atoms with E-state index in [1.54, 1.807) is 12.4 Å². The summed E-state index contributed by atoms with van der Waals surface area (Å²) in [6.45, 7) is 0. The highest BCUT2D eigenvalue weighted by Crippen LogP contribution is 2.20. The SMILES string of the molecule is NC(N)=N/N=C/c1ccc(-c2ccc(/C=N/Nc3ccc(F)cc3F)cc2)cc1. The number of guanidine groups is 1. The standard InChI is InChI=1S/C21H18F2N6/c22-18-9-10-20(19(23)11-18)28-26-12-14-1-5-16(6-2-14)17-7-3-15(4-8-17)13-27-29-21(24)25/h1-13,28H,(H4,24,25,29)/b26-12+,27-13+. The summed E-state index contributed by atoms with van der Waals surface area (Å²) in [5, 5.41) is 11.3. The molecule has 0 atom stereocenters. The summed E-state index contributed by atoms with van der Waals surface area (Å²) < 4.78 is 26.4. The molecule has 3 rings (SSSR count). The van der Waals surface area contributed by atoms with Gasteiger partial charge in [-0.25, -0.2) is 8.78 Å². The molecule has 0 aromatic heterocycles. The molecule has 146 valence electrons. The van der Waals surface area contributed by atoms with Crippen LogP contribution in [-0.4, -0.2) is 18.4 Å². The van der Waals surface area contributed by atoms with Crippen molar-refractivity contribution in [3.63, 3.8) is 0 Å². The smallest absolute Gasteiger partial charge is 0.211 e. The first kappa shape index (κ1) is 19.7. The van der Waals surface area contributed by atoms with Crippen LogP contribution in [0.25, 0.3) is 11.1 Å². The predicted molar refractivity (Wildman–Crippen MR) is 113 cm³/mol. The Bertz CT molecular complexity index is 1050. The molecule has 0 spiro atoms.